The molecule has 1 aliphatic heterocycles. The van der Waals surface area contributed by atoms with E-state index in [9.17, 15) is 31.5 Å². The number of esters is 1. The Kier molecular flexibility index (Phi) is 10.8. The number of nitrogens with one attached hydrogen (secondary N) is 1. The van der Waals surface area contributed by atoms with E-state index >= 15 is 0 Å². The number of rotatable bonds is 9. The summed E-state index contributed by atoms with van der Waals surface area (Å²) in [6, 6.07) is 16.6. The second-order valence-corrected chi connectivity index (χ2v) is 12.5. The SMILES string of the molecule is COC(=O)c1nc(-c2ccc(/C=N/NC(=S)N=C3SCC(=O)N3c3cc(C)ccc3C(C)C)cc2)nn1-c1ccc(OC(F)(F)C(F)(F)F)cc1. The van der Waals surface area contributed by atoms with Crippen LogP contribution >= 0.6 is 24.0 Å². The van der Waals surface area contributed by atoms with Crippen molar-refractivity contribution in [2.24, 2.45) is 10.1 Å². The van der Waals surface area contributed by atoms with Crippen LogP contribution < -0.4 is 15.1 Å². The molecule has 1 fully saturated rings. The van der Waals surface area contributed by atoms with Crippen molar-refractivity contribution < 1.29 is 41.0 Å². The molecule has 0 aliphatic carbocycles. The number of amides is 1. The topological polar surface area (TPSA) is 123 Å². The summed E-state index contributed by atoms with van der Waals surface area (Å²) in [5, 5.41) is 8.94. The summed E-state index contributed by atoms with van der Waals surface area (Å²) in [5.74, 6) is -1.54. The Morgan fingerprint density at radius 3 is 2.37 bits per heavy atom. The lowest BCUT2D eigenvalue weighted by Crippen LogP contribution is -2.41. The number of alkyl halides is 5. The van der Waals surface area contributed by atoms with Gasteiger partial charge in [-0.1, -0.05) is 62.0 Å². The van der Waals surface area contributed by atoms with Crippen molar-refractivity contribution in [2.75, 3.05) is 17.8 Å². The lowest BCUT2D eigenvalue weighted by Gasteiger charge is -2.22. The zero-order valence-electron chi connectivity index (χ0n) is 27.2. The Hall–Kier alpha value is -5.23. The molecule has 4 aromatic rings. The molecule has 0 bridgehead atoms. The first-order valence-corrected chi connectivity index (χ1v) is 16.3. The van der Waals surface area contributed by atoms with Gasteiger partial charge in [-0.2, -0.15) is 32.0 Å². The van der Waals surface area contributed by atoms with Crippen molar-refractivity contribution in [2.45, 2.75) is 39.0 Å². The molecule has 1 amide bonds. The van der Waals surface area contributed by atoms with Gasteiger partial charge in [-0.25, -0.2) is 14.5 Å². The van der Waals surface area contributed by atoms with Gasteiger partial charge in [-0.3, -0.25) is 15.1 Å². The van der Waals surface area contributed by atoms with Crippen molar-refractivity contribution in [1.29, 1.82) is 0 Å². The molecule has 11 nitrogen and oxygen atoms in total. The highest BCUT2D eigenvalue weighted by molar-refractivity contribution is 8.15. The summed E-state index contributed by atoms with van der Waals surface area (Å²) in [4.78, 5) is 35.5. The normalized spacial score (nSPS) is 14.5. The number of amidine groups is 1. The molecule has 51 heavy (non-hydrogen) atoms. The molecule has 266 valence electrons. The standard InChI is InChI=1S/C33H28F5N7O4S2/c1-18(2)24-14-5-19(3)15-25(24)44-26(46)17-51-31(44)41-30(50)42-39-16-20-6-8-21(9-7-20)27-40-28(29(47)48-4)45(43-27)22-10-12-23(13-11-22)49-33(37,38)32(34,35)36/h5-16,18H,17H2,1-4H3,(H,42,50)/b39-16+,41-31?. The van der Waals surface area contributed by atoms with Crippen molar-refractivity contribution in [3.63, 3.8) is 0 Å². The van der Waals surface area contributed by atoms with Crippen LogP contribution in [0.5, 0.6) is 5.75 Å². The molecule has 18 heteroatoms. The lowest BCUT2D eigenvalue weighted by molar-refractivity contribution is -0.360. The molecule has 1 saturated heterocycles. The second-order valence-electron chi connectivity index (χ2n) is 11.2. The number of aryl methyl sites for hydroxylation is 1. The number of aromatic nitrogens is 3. The average Bonchev–Trinajstić information content (AvgIpc) is 3.68. The molecule has 0 radical (unpaired) electrons. The van der Waals surface area contributed by atoms with E-state index in [1.165, 1.54) is 18.0 Å². The van der Waals surface area contributed by atoms with Crippen molar-refractivity contribution in [1.82, 2.24) is 20.2 Å². The Balaban J connectivity index is 1.29. The number of nitrogens with zero attached hydrogens (tertiary/aromatic N) is 6. The number of hydrazone groups is 1. The van der Waals surface area contributed by atoms with Crippen LogP contribution in [0.4, 0.5) is 27.6 Å². The maximum atomic E-state index is 13.3. The van der Waals surface area contributed by atoms with Crippen LogP contribution in [0.3, 0.4) is 0 Å². The number of thioether (sulfide) groups is 1. The maximum Gasteiger partial charge on any atom is 0.499 e. The van der Waals surface area contributed by atoms with Gasteiger partial charge < -0.3 is 9.47 Å². The fourth-order valence-electron chi connectivity index (χ4n) is 4.71. The van der Waals surface area contributed by atoms with Crippen LogP contribution in [-0.2, 0) is 9.53 Å². The Labute approximate surface area is 297 Å². The minimum absolute atomic E-state index is 0.0440. The highest BCUT2D eigenvalue weighted by atomic mass is 32.2. The number of carbonyl (C=O) groups excluding carboxylic acids is 2. The first-order chi connectivity index (χ1) is 24.1. The quantitative estimate of drug-likeness (QED) is 0.0633. The third-order valence-electron chi connectivity index (χ3n) is 7.19. The predicted octanol–water partition coefficient (Wildman–Crippen LogP) is 7.03. The minimum Gasteiger partial charge on any atom is -0.463 e. The second kappa shape index (κ2) is 14.9. The van der Waals surface area contributed by atoms with E-state index in [-0.39, 0.29) is 40.0 Å². The summed E-state index contributed by atoms with van der Waals surface area (Å²) in [5.41, 5.74) is 6.68. The predicted molar refractivity (Wildman–Crippen MR) is 186 cm³/mol. The first-order valence-electron chi connectivity index (χ1n) is 15.0. The highest BCUT2D eigenvalue weighted by Gasteiger charge is 2.61. The summed E-state index contributed by atoms with van der Waals surface area (Å²) < 4.78 is 73.8. The summed E-state index contributed by atoms with van der Waals surface area (Å²) in [6.07, 6.45) is -9.84. The molecular weight excluding hydrogens is 718 g/mol. The molecule has 1 aliphatic rings. The summed E-state index contributed by atoms with van der Waals surface area (Å²) in [7, 11) is 1.12. The van der Waals surface area contributed by atoms with E-state index in [0.29, 0.717) is 16.3 Å². The van der Waals surface area contributed by atoms with Gasteiger partial charge >= 0.3 is 18.3 Å². The van der Waals surface area contributed by atoms with Crippen LogP contribution in [0.15, 0.2) is 76.8 Å². The van der Waals surface area contributed by atoms with Gasteiger partial charge in [0.1, 0.15) is 5.75 Å². The monoisotopic (exact) mass is 745 g/mol. The number of benzene rings is 3. The maximum absolute atomic E-state index is 13.3. The number of ether oxygens (including phenoxy) is 2. The van der Waals surface area contributed by atoms with Gasteiger partial charge in [-0.15, -0.1) is 5.10 Å². The Morgan fingerprint density at radius 2 is 1.75 bits per heavy atom. The molecule has 0 unspecified atom stereocenters. The van der Waals surface area contributed by atoms with Crippen molar-refractivity contribution in [3.05, 3.63) is 89.2 Å². The van der Waals surface area contributed by atoms with Gasteiger partial charge in [0, 0.05) is 5.56 Å². The van der Waals surface area contributed by atoms with Gasteiger partial charge in [0.15, 0.2) is 11.0 Å². The molecule has 3 aromatic carbocycles. The Bertz CT molecular complexity index is 2020. The number of aliphatic imine (C=N–C) groups is 1. The molecule has 0 spiro atoms. The smallest absolute Gasteiger partial charge is 0.463 e. The van der Waals surface area contributed by atoms with Gasteiger partial charge in [-0.05, 0) is 72.1 Å². The molecular formula is C33H28F5N7O4S2. The molecule has 1 N–H and O–H groups in total. The number of anilines is 1. The van der Waals surface area contributed by atoms with E-state index in [1.807, 2.05) is 25.1 Å². The van der Waals surface area contributed by atoms with Crippen LogP contribution in [0.1, 0.15) is 47.1 Å². The number of thiocarbonyl (C=S) groups is 1. The number of halogens is 5. The van der Waals surface area contributed by atoms with E-state index < -0.39 is 24.0 Å². The summed E-state index contributed by atoms with van der Waals surface area (Å²) in [6.45, 7) is 6.06. The number of carbonyl (C=O) groups is 2. The Morgan fingerprint density at radius 1 is 1.06 bits per heavy atom. The van der Waals surface area contributed by atoms with Crippen LogP contribution in [0.25, 0.3) is 17.1 Å². The van der Waals surface area contributed by atoms with Gasteiger partial charge in [0.25, 0.3) is 0 Å². The van der Waals surface area contributed by atoms with Gasteiger partial charge in [0.2, 0.25) is 16.8 Å². The van der Waals surface area contributed by atoms with Crippen LogP contribution in [0.2, 0.25) is 0 Å². The fraction of sp³-hybridized carbons (Fsp3) is 0.242. The number of hydrogen-bond acceptors (Lipinski definition) is 9. The fourth-order valence-corrected chi connectivity index (χ4v) is 5.77. The lowest BCUT2D eigenvalue weighted by atomic mass is 9.99. The zero-order valence-corrected chi connectivity index (χ0v) is 28.9. The van der Waals surface area contributed by atoms with Crippen LogP contribution in [0, 0.1) is 6.92 Å². The first kappa shape index (κ1) is 37.0. The van der Waals surface area contributed by atoms with Crippen molar-refractivity contribution in [3.8, 4) is 22.8 Å². The van der Waals surface area contributed by atoms with E-state index in [1.54, 1.807) is 29.2 Å². The number of hydrogen-bond donors (Lipinski definition) is 1. The molecule has 5 rings (SSSR count). The van der Waals surface area contributed by atoms with E-state index in [0.717, 1.165) is 52.9 Å². The van der Waals surface area contributed by atoms with Crippen molar-refractivity contribution >= 4 is 58.0 Å². The molecule has 1 aromatic heterocycles. The average molecular weight is 746 g/mol. The van der Waals surface area contributed by atoms with Gasteiger partial charge in [0.05, 0.1) is 30.5 Å². The molecule has 2 heterocycles. The highest BCUT2D eigenvalue weighted by Crippen LogP contribution is 2.38. The summed E-state index contributed by atoms with van der Waals surface area (Å²) >= 11 is 6.65. The third kappa shape index (κ3) is 8.39. The number of methoxy groups -OCH3 is 1. The zero-order chi connectivity index (χ0) is 37.1. The largest absolute Gasteiger partial charge is 0.499 e. The molecule has 0 saturated carbocycles. The molecule has 0 atom stereocenters. The third-order valence-corrected chi connectivity index (χ3v) is 8.29. The van der Waals surface area contributed by atoms with E-state index in [4.69, 9.17) is 17.0 Å². The van der Waals surface area contributed by atoms with E-state index in [2.05, 4.69) is 44.2 Å². The minimum atomic E-state index is -5.91. The van der Waals surface area contributed by atoms with Crippen LogP contribution in [-0.4, -0.2) is 68.3 Å².